The average Bonchev–Trinajstić information content (AvgIpc) is 2.97. The molecule has 0 radical (unpaired) electrons. The summed E-state index contributed by atoms with van der Waals surface area (Å²) in [6.45, 7) is 5.72. The third kappa shape index (κ3) is 10.5. The van der Waals surface area contributed by atoms with E-state index in [2.05, 4.69) is 16.0 Å². The zero-order chi connectivity index (χ0) is 28.7. The summed E-state index contributed by atoms with van der Waals surface area (Å²) in [6, 6.07) is 6.96. The molecule has 10 heteroatoms. The van der Waals surface area contributed by atoms with Gasteiger partial charge >= 0.3 is 6.03 Å². The Morgan fingerprint density at radius 3 is 2.35 bits per heavy atom. The lowest BCUT2D eigenvalue weighted by Crippen LogP contribution is -2.58. The molecule has 40 heavy (non-hydrogen) atoms. The Kier molecular flexibility index (Phi) is 13.4. The Morgan fingerprint density at radius 2 is 1.68 bits per heavy atom. The summed E-state index contributed by atoms with van der Waals surface area (Å²) in [4.78, 5) is 54.3. The second-order valence-corrected chi connectivity index (χ2v) is 10.9. The van der Waals surface area contributed by atoms with E-state index in [1.807, 2.05) is 44.2 Å². The number of benzene rings is 1. The number of morpholine rings is 1. The van der Waals surface area contributed by atoms with Gasteiger partial charge in [0.15, 0.2) is 0 Å². The molecule has 0 bridgehead atoms. The van der Waals surface area contributed by atoms with Crippen LogP contribution in [0.15, 0.2) is 30.3 Å². The Balaban J connectivity index is 1.71. The summed E-state index contributed by atoms with van der Waals surface area (Å²) in [5.41, 5.74) is 0.911. The van der Waals surface area contributed by atoms with E-state index in [0.717, 1.165) is 44.1 Å². The summed E-state index contributed by atoms with van der Waals surface area (Å²) < 4.78 is 11.1. The molecule has 0 aromatic heterocycles. The van der Waals surface area contributed by atoms with Gasteiger partial charge in [0.25, 0.3) is 5.91 Å². The van der Waals surface area contributed by atoms with Crippen molar-refractivity contribution in [3.8, 4) is 0 Å². The Hall–Kier alpha value is -2.98. The highest BCUT2D eigenvalue weighted by Gasteiger charge is 2.33. The van der Waals surface area contributed by atoms with E-state index in [-0.39, 0.29) is 25.3 Å². The number of nitrogens with one attached hydrogen (secondary N) is 3. The second-order valence-electron chi connectivity index (χ2n) is 10.9. The van der Waals surface area contributed by atoms with Crippen LogP contribution >= 0.6 is 0 Å². The van der Waals surface area contributed by atoms with Crippen molar-refractivity contribution in [2.45, 2.75) is 89.9 Å². The summed E-state index contributed by atoms with van der Waals surface area (Å²) in [5, 5.41) is 8.39. The van der Waals surface area contributed by atoms with Crippen molar-refractivity contribution >= 4 is 23.6 Å². The van der Waals surface area contributed by atoms with Gasteiger partial charge in [0, 0.05) is 19.1 Å². The van der Waals surface area contributed by atoms with Crippen LogP contribution in [0, 0.1) is 5.92 Å². The molecule has 0 spiro atoms. The van der Waals surface area contributed by atoms with Crippen molar-refractivity contribution in [3.63, 3.8) is 0 Å². The highest BCUT2D eigenvalue weighted by Crippen LogP contribution is 2.27. The standard InChI is InChI=1S/C30H46N4O6/c1-3-10-22(2)31-29(37)27(35)26(21-40-20-24-13-8-5-9-14-24)32-28(36)25(19-23-11-6-4-7-12-23)33-30(38)34-15-17-39-18-16-34/h5,8-9,13-14,22-23,25-26H,3-4,6-7,10-12,15-21H2,1-2H3,(H,31,37)(H,32,36)(H,33,38)/t22?,25-,26+/m0/s1. The van der Waals surface area contributed by atoms with Crippen LogP contribution in [0.1, 0.15) is 70.8 Å². The molecule has 1 aliphatic carbocycles. The van der Waals surface area contributed by atoms with E-state index in [0.29, 0.717) is 38.6 Å². The monoisotopic (exact) mass is 558 g/mol. The molecule has 4 amide bonds. The third-order valence-electron chi connectivity index (χ3n) is 7.56. The van der Waals surface area contributed by atoms with Crippen molar-refractivity contribution in [2.24, 2.45) is 5.92 Å². The molecule has 1 saturated heterocycles. The largest absolute Gasteiger partial charge is 0.378 e. The zero-order valence-corrected chi connectivity index (χ0v) is 24.0. The minimum atomic E-state index is -1.18. The SMILES string of the molecule is CCCC(C)NC(=O)C(=O)[C@@H](COCc1ccccc1)NC(=O)[C@H](CC1CCCCC1)NC(=O)N1CCOCC1. The predicted molar refractivity (Wildman–Crippen MR) is 151 cm³/mol. The van der Waals surface area contributed by atoms with Crippen molar-refractivity contribution in [3.05, 3.63) is 35.9 Å². The molecule has 10 nitrogen and oxygen atoms in total. The van der Waals surface area contributed by atoms with E-state index in [1.165, 1.54) is 6.42 Å². The fourth-order valence-corrected chi connectivity index (χ4v) is 5.28. The van der Waals surface area contributed by atoms with Crippen LogP contribution in [-0.4, -0.2) is 79.6 Å². The maximum Gasteiger partial charge on any atom is 0.318 e. The Bertz CT molecular complexity index is 947. The van der Waals surface area contributed by atoms with Crippen LogP contribution in [0.2, 0.25) is 0 Å². The maximum absolute atomic E-state index is 13.6. The highest BCUT2D eigenvalue weighted by atomic mass is 16.5. The molecule has 3 rings (SSSR count). The fourth-order valence-electron chi connectivity index (χ4n) is 5.28. The molecule has 3 atom stereocenters. The maximum atomic E-state index is 13.6. The lowest BCUT2D eigenvalue weighted by Gasteiger charge is -2.31. The van der Waals surface area contributed by atoms with E-state index in [9.17, 15) is 19.2 Å². The first-order valence-corrected chi connectivity index (χ1v) is 14.8. The number of nitrogens with zero attached hydrogens (tertiary/aromatic N) is 1. The van der Waals surface area contributed by atoms with Gasteiger partial charge in [-0.3, -0.25) is 14.4 Å². The van der Waals surface area contributed by atoms with Crippen LogP contribution in [0.5, 0.6) is 0 Å². The van der Waals surface area contributed by atoms with E-state index in [1.54, 1.807) is 4.90 Å². The van der Waals surface area contributed by atoms with E-state index in [4.69, 9.17) is 9.47 Å². The van der Waals surface area contributed by atoms with Crippen molar-refractivity contribution in [1.29, 1.82) is 0 Å². The molecule has 1 aromatic carbocycles. The smallest absolute Gasteiger partial charge is 0.318 e. The number of hydrogen-bond acceptors (Lipinski definition) is 6. The number of carbonyl (C=O) groups is 4. The first kappa shape index (κ1) is 31.5. The van der Waals surface area contributed by atoms with Crippen molar-refractivity contribution in [1.82, 2.24) is 20.9 Å². The molecular weight excluding hydrogens is 512 g/mol. The van der Waals surface area contributed by atoms with Crippen LogP contribution in [0.4, 0.5) is 4.79 Å². The minimum Gasteiger partial charge on any atom is -0.378 e. The lowest BCUT2D eigenvalue weighted by molar-refractivity contribution is -0.141. The predicted octanol–water partition coefficient (Wildman–Crippen LogP) is 2.94. The third-order valence-corrected chi connectivity index (χ3v) is 7.56. The number of urea groups is 1. The molecule has 1 heterocycles. The molecule has 3 N–H and O–H groups in total. The molecule has 2 aliphatic rings. The lowest BCUT2D eigenvalue weighted by atomic mass is 9.84. The highest BCUT2D eigenvalue weighted by molar-refractivity contribution is 6.38. The van der Waals surface area contributed by atoms with Gasteiger partial charge in [-0.05, 0) is 31.2 Å². The summed E-state index contributed by atoms with van der Waals surface area (Å²) >= 11 is 0. The van der Waals surface area contributed by atoms with E-state index < -0.39 is 29.7 Å². The van der Waals surface area contributed by atoms with Crippen LogP contribution in [0.25, 0.3) is 0 Å². The molecule has 2 fully saturated rings. The van der Waals surface area contributed by atoms with Gasteiger partial charge in [-0.25, -0.2) is 4.79 Å². The number of carbonyl (C=O) groups excluding carboxylic acids is 4. The fraction of sp³-hybridized carbons (Fsp3) is 0.667. The van der Waals surface area contributed by atoms with Crippen LogP contribution in [-0.2, 0) is 30.5 Å². The number of Topliss-reactive ketones (excluding diaryl/α,β-unsaturated/α-hetero) is 1. The average molecular weight is 559 g/mol. The summed E-state index contributed by atoms with van der Waals surface area (Å²) in [7, 11) is 0. The number of rotatable bonds is 14. The van der Waals surface area contributed by atoms with Crippen LogP contribution < -0.4 is 16.0 Å². The van der Waals surface area contributed by atoms with Gasteiger partial charge in [-0.2, -0.15) is 0 Å². The van der Waals surface area contributed by atoms with Gasteiger partial charge in [-0.1, -0.05) is 75.8 Å². The number of ketones is 1. The molecule has 1 aliphatic heterocycles. The van der Waals surface area contributed by atoms with Gasteiger partial charge in [0.1, 0.15) is 12.1 Å². The zero-order valence-electron chi connectivity index (χ0n) is 24.0. The summed E-state index contributed by atoms with van der Waals surface area (Å²) in [5.74, 6) is -1.70. The van der Waals surface area contributed by atoms with Gasteiger partial charge < -0.3 is 30.3 Å². The minimum absolute atomic E-state index is 0.164. The second kappa shape index (κ2) is 17.0. The molecule has 1 unspecified atom stereocenters. The number of hydrogen-bond donors (Lipinski definition) is 3. The Morgan fingerprint density at radius 1 is 0.975 bits per heavy atom. The first-order valence-electron chi connectivity index (χ1n) is 14.8. The van der Waals surface area contributed by atoms with Crippen molar-refractivity contribution in [2.75, 3.05) is 32.9 Å². The quantitative estimate of drug-likeness (QED) is 0.302. The van der Waals surface area contributed by atoms with Crippen molar-refractivity contribution < 1.29 is 28.7 Å². The first-order chi connectivity index (χ1) is 19.4. The van der Waals surface area contributed by atoms with Crippen LogP contribution in [0.3, 0.4) is 0 Å². The van der Waals surface area contributed by atoms with Gasteiger partial charge in [-0.15, -0.1) is 0 Å². The number of ether oxygens (including phenoxy) is 2. The molecule has 1 saturated carbocycles. The molecule has 222 valence electrons. The Labute approximate surface area is 237 Å². The molecular formula is C30H46N4O6. The topological polar surface area (TPSA) is 126 Å². The number of amides is 4. The summed E-state index contributed by atoms with van der Waals surface area (Å²) in [6.07, 6.45) is 7.44. The van der Waals surface area contributed by atoms with E-state index >= 15 is 0 Å². The normalized spacial score (nSPS) is 18.3. The van der Waals surface area contributed by atoms with Gasteiger partial charge in [0.2, 0.25) is 11.7 Å². The van der Waals surface area contributed by atoms with Gasteiger partial charge in [0.05, 0.1) is 26.4 Å². The molecule has 1 aromatic rings.